The van der Waals surface area contributed by atoms with Crippen molar-refractivity contribution in [2.75, 3.05) is 26.2 Å². The highest BCUT2D eigenvalue weighted by molar-refractivity contribution is 6.06. The molecule has 1 aromatic carbocycles. The molecule has 1 aromatic rings. The van der Waals surface area contributed by atoms with Gasteiger partial charge in [-0.1, -0.05) is 12.1 Å². The molecule has 1 aliphatic carbocycles. The predicted octanol–water partition coefficient (Wildman–Crippen LogP) is 0.191. The minimum absolute atomic E-state index is 0.0634. The van der Waals surface area contributed by atoms with Crippen LogP contribution in [0.3, 0.4) is 0 Å². The minimum Gasteiger partial charge on any atom is -0.379 e. The Morgan fingerprint density at radius 3 is 2.62 bits per heavy atom. The number of aliphatic hydroxyl groups is 1. The van der Waals surface area contributed by atoms with E-state index in [0.29, 0.717) is 26.2 Å². The van der Waals surface area contributed by atoms with Crippen molar-refractivity contribution in [1.29, 1.82) is 0 Å². The zero-order chi connectivity index (χ0) is 15.0. The summed E-state index contributed by atoms with van der Waals surface area (Å²) in [5, 5.41) is 13.5. The summed E-state index contributed by atoms with van der Waals surface area (Å²) in [4.78, 5) is 26.1. The molecule has 6 heteroatoms. The third kappa shape index (κ3) is 2.45. The number of ketones is 1. The lowest BCUT2D eigenvalue weighted by Gasteiger charge is -2.29. The van der Waals surface area contributed by atoms with Gasteiger partial charge in [-0.3, -0.25) is 9.59 Å². The van der Waals surface area contributed by atoms with E-state index < -0.39 is 29.0 Å². The number of nitrogens with one attached hydrogen (secondary N) is 1. The van der Waals surface area contributed by atoms with Crippen LogP contribution in [0.5, 0.6) is 0 Å². The summed E-state index contributed by atoms with van der Waals surface area (Å²) in [5.74, 6) is -2.37. The third-order valence-electron chi connectivity index (χ3n) is 4.16. The van der Waals surface area contributed by atoms with Crippen molar-refractivity contribution < 1.29 is 19.1 Å². The standard InChI is InChI=1S/C15H17FN2O3/c16-12-4-2-1-3-10(12)13(19)11-9-15(11,21)14(20)18-7-5-17-6-8-18/h1-4,11,17,21H,5-9H2. The van der Waals surface area contributed by atoms with Crippen molar-refractivity contribution in [1.82, 2.24) is 10.2 Å². The van der Waals surface area contributed by atoms with Crippen molar-refractivity contribution >= 4 is 11.7 Å². The van der Waals surface area contributed by atoms with E-state index in [9.17, 15) is 19.1 Å². The number of Topliss-reactive ketones (excluding diaryl/α,β-unsaturated/α-hetero) is 1. The van der Waals surface area contributed by atoms with E-state index in [-0.39, 0.29) is 12.0 Å². The molecule has 1 aliphatic heterocycles. The molecule has 2 fully saturated rings. The summed E-state index contributed by atoms with van der Waals surface area (Å²) < 4.78 is 13.6. The van der Waals surface area contributed by atoms with Gasteiger partial charge in [0.1, 0.15) is 5.82 Å². The molecule has 2 N–H and O–H groups in total. The molecule has 0 bridgehead atoms. The molecular weight excluding hydrogens is 275 g/mol. The Labute approximate surface area is 121 Å². The van der Waals surface area contributed by atoms with Crippen molar-refractivity contribution in [2.45, 2.75) is 12.0 Å². The van der Waals surface area contributed by atoms with Crippen LogP contribution in [0.2, 0.25) is 0 Å². The topological polar surface area (TPSA) is 69.6 Å². The second kappa shape index (κ2) is 5.20. The average molecular weight is 292 g/mol. The number of rotatable bonds is 3. The fraction of sp³-hybridized carbons (Fsp3) is 0.467. The first-order valence-electron chi connectivity index (χ1n) is 7.05. The van der Waals surface area contributed by atoms with E-state index in [2.05, 4.69) is 5.32 Å². The number of carbonyl (C=O) groups is 2. The molecule has 3 rings (SSSR count). The summed E-state index contributed by atoms with van der Waals surface area (Å²) in [6, 6.07) is 5.64. The largest absolute Gasteiger partial charge is 0.379 e. The Morgan fingerprint density at radius 2 is 1.95 bits per heavy atom. The lowest BCUT2D eigenvalue weighted by molar-refractivity contribution is -0.143. The van der Waals surface area contributed by atoms with Crippen LogP contribution in [0, 0.1) is 11.7 Å². The molecule has 1 saturated carbocycles. The number of hydrogen-bond acceptors (Lipinski definition) is 4. The Hall–Kier alpha value is -1.79. The van der Waals surface area contributed by atoms with E-state index in [1.54, 1.807) is 11.0 Å². The molecule has 2 aliphatic rings. The van der Waals surface area contributed by atoms with E-state index in [1.807, 2.05) is 0 Å². The van der Waals surface area contributed by atoms with Crippen LogP contribution < -0.4 is 5.32 Å². The molecule has 112 valence electrons. The smallest absolute Gasteiger partial charge is 0.255 e. The first-order valence-corrected chi connectivity index (χ1v) is 7.05. The monoisotopic (exact) mass is 292 g/mol. The highest BCUT2D eigenvalue weighted by atomic mass is 19.1. The molecular formula is C15H17FN2O3. The second-order valence-electron chi connectivity index (χ2n) is 5.57. The summed E-state index contributed by atoms with van der Waals surface area (Å²) >= 11 is 0. The molecule has 0 spiro atoms. The number of nitrogens with zero attached hydrogens (tertiary/aromatic N) is 1. The Balaban J connectivity index is 1.73. The van der Waals surface area contributed by atoms with Crippen molar-refractivity contribution in [3.05, 3.63) is 35.6 Å². The molecule has 2 atom stereocenters. The first-order chi connectivity index (χ1) is 10.0. The van der Waals surface area contributed by atoms with Crippen LogP contribution >= 0.6 is 0 Å². The fourth-order valence-electron chi connectivity index (χ4n) is 2.79. The number of amides is 1. The van der Waals surface area contributed by atoms with Crippen molar-refractivity contribution in [3.63, 3.8) is 0 Å². The van der Waals surface area contributed by atoms with Crippen LogP contribution in [-0.4, -0.2) is 53.5 Å². The predicted molar refractivity (Wildman–Crippen MR) is 73.2 cm³/mol. The third-order valence-corrected chi connectivity index (χ3v) is 4.16. The lowest BCUT2D eigenvalue weighted by atomic mass is 10.0. The SMILES string of the molecule is O=C(c1ccccc1F)C1CC1(O)C(=O)N1CCNCC1. The average Bonchev–Trinajstić information content (AvgIpc) is 3.20. The number of piperazine rings is 1. The van der Waals surface area contributed by atoms with Gasteiger partial charge in [0, 0.05) is 26.2 Å². The summed E-state index contributed by atoms with van der Waals surface area (Å²) in [6.45, 7) is 2.38. The van der Waals surface area contributed by atoms with Gasteiger partial charge in [0.15, 0.2) is 11.4 Å². The number of benzene rings is 1. The molecule has 5 nitrogen and oxygen atoms in total. The fourth-order valence-corrected chi connectivity index (χ4v) is 2.79. The van der Waals surface area contributed by atoms with E-state index in [1.165, 1.54) is 18.2 Å². The molecule has 2 unspecified atom stereocenters. The van der Waals surface area contributed by atoms with E-state index in [4.69, 9.17) is 0 Å². The molecule has 0 aromatic heterocycles. The van der Waals surface area contributed by atoms with Gasteiger partial charge in [0.2, 0.25) is 0 Å². The number of halogens is 1. The maximum absolute atomic E-state index is 13.6. The molecule has 1 amide bonds. The van der Waals surface area contributed by atoms with Gasteiger partial charge in [-0.2, -0.15) is 0 Å². The van der Waals surface area contributed by atoms with Crippen LogP contribution in [0.25, 0.3) is 0 Å². The maximum Gasteiger partial charge on any atom is 0.255 e. The lowest BCUT2D eigenvalue weighted by Crippen LogP contribution is -2.51. The van der Waals surface area contributed by atoms with Gasteiger partial charge in [-0.05, 0) is 18.6 Å². The van der Waals surface area contributed by atoms with Crippen LogP contribution in [0.4, 0.5) is 4.39 Å². The van der Waals surface area contributed by atoms with Crippen molar-refractivity contribution in [2.24, 2.45) is 5.92 Å². The van der Waals surface area contributed by atoms with Crippen molar-refractivity contribution in [3.8, 4) is 0 Å². The van der Waals surface area contributed by atoms with Gasteiger partial charge in [0.05, 0.1) is 11.5 Å². The molecule has 1 saturated heterocycles. The Kier molecular flexibility index (Phi) is 3.51. The van der Waals surface area contributed by atoms with Gasteiger partial charge in [-0.25, -0.2) is 4.39 Å². The highest BCUT2D eigenvalue weighted by Crippen LogP contribution is 2.47. The van der Waals surface area contributed by atoms with Crippen LogP contribution in [0.1, 0.15) is 16.8 Å². The normalized spacial score (nSPS) is 28.3. The van der Waals surface area contributed by atoms with Gasteiger partial charge >= 0.3 is 0 Å². The van der Waals surface area contributed by atoms with E-state index >= 15 is 0 Å². The summed E-state index contributed by atoms with van der Waals surface area (Å²) in [6.07, 6.45) is 0.0724. The quantitative estimate of drug-likeness (QED) is 0.780. The summed E-state index contributed by atoms with van der Waals surface area (Å²) in [5.41, 5.74) is -1.72. The number of carbonyl (C=O) groups excluding carboxylic acids is 2. The second-order valence-corrected chi connectivity index (χ2v) is 5.57. The van der Waals surface area contributed by atoms with Gasteiger partial charge < -0.3 is 15.3 Å². The zero-order valence-electron chi connectivity index (χ0n) is 11.5. The molecule has 1 heterocycles. The minimum atomic E-state index is -1.66. The van der Waals surface area contributed by atoms with Crippen LogP contribution in [-0.2, 0) is 4.79 Å². The zero-order valence-corrected chi connectivity index (χ0v) is 11.5. The van der Waals surface area contributed by atoms with E-state index in [0.717, 1.165) is 0 Å². The summed E-state index contributed by atoms with van der Waals surface area (Å²) in [7, 11) is 0. The van der Waals surface area contributed by atoms with Gasteiger partial charge in [0.25, 0.3) is 5.91 Å². The number of hydrogen-bond donors (Lipinski definition) is 2. The van der Waals surface area contributed by atoms with Crippen LogP contribution in [0.15, 0.2) is 24.3 Å². The molecule has 0 radical (unpaired) electrons. The van der Waals surface area contributed by atoms with Gasteiger partial charge in [-0.15, -0.1) is 0 Å². The first kappa shape index (κ1) is 14.2. The Morgan fingerprint density at radius 1 is 1.29 bits per heavy atom. The highest BCUT2D eigenvalue weighted by Gasteiger charge is 2.64. The Bertz CT molecular complexity index is 586. The maximum atomic E-state index is 13.6. The molecule has 21 heavy (non-hydrogen) atoms.